The van der Waals surface area contributed by atoms with Gasteiger partial charge in [-0.2, -0.15) is 0 Å². The molecule has 116 valence electrons. The summed E-state index contributed by atoms with van der Waals surface area (Å²) in [5.41, 5.74) is 1.59. The molecule has 1 aromatic carbocycles. The van der Waals surface area contributed by atoms with Crippen molar-refractivity contribution in [3.05, 3.63) is 35.4 Å². The summed E-state index contributed by atoms with van der Waals surface area (Å²) >= 11 is 0. The number of hydrogen-bond donors (Lipinski definition) is 1. The van der Waals surface area contributed by atoms with Crippen molar-refractivity contribution in [2.24, 2.45) is 0 Å². The van der Waals surface area contributed by atoms with Crippen molar-refractivity contribution in [1.29, 1.82) is 0 Å². The average Bonchev–Trinajstić information content (AvgIpc) is 2.51. The van der Waals surface area contributed by atoms with E-state index in [-0.39, 0.29) is 18.5 Å². The summed E-state index contributed by atoms with van der Waals surface area (Å²) in [6, 6.07) is 7.36. The van der Waals surface area contributed by atoms with E-state index in [1.54, 1.807) is 6.07 Å². The first kappa shape index (κ1) is 17.2. The van der Waals surface area contributed by atoms with Crippen LogP contribution in [-0.2, 0) is 20.7 Å². The highest BCUT2D eigenvalue weighted by Gasteiger charge is 2.07. The predicted octanol–water partition coefficient (Wildman–Crippen LogP) is 1.95. The largest absolute Gasteiger partial charge is 0.468 e. The van der Waals surface area contributed by atoms with Crippen LogP contribution in [0.4, 0.5) is 0 Å². The summed E-state index contributed by atoms with van der Waals surface area (Å²) in [5.74, 6) is -0.573. The van der Waals surface area contributed by atoms with Crippen LogP contribution in [0.1, 0.15) is 35.7 Å². The number of rotatable bonds is 9. The van der Waals surface area contributed by atoms with Gasteiger partial charge in [0.1, 0.15) is 0 Å². The van der Waals surface area contributed by atoms with Crippen molar-refractivity contribution >= 4 is 11.9 Å². The van der Waals surface area contributed by atoms with E-state index >= 15 is 0 Å². The van der Waals surface area contributed by atoms with Crippen molar-refractivity contribution in [2.75, 3.05) is 26.8 Å². The molecule has 5 heteroatoms. The smallest absolute Gasteiger partial charge is 0.338 e. The van der Waals surface area contributed by atoms with Crippen molar-refractivity contribution < 1.29 is 19.1 Å². The van der Waals surface area contributed by atoms with Gasteiger partial charge in [-0.25, -0.2) is 4.79 Å². The molecule has 0 aliphatic carbocycles. The topological polar surface area (TPSA) is 64.6 Å². The van der Waals surface area contributed by atoms with E-state index < -0.39 is 0 Å². The Bertz CT molecular complexity index is 459. The first-order chi connectivity index (χ1) is 10.2. The lowest BCUT2D eigenvalue weighted by molar-refractivity contribution is -0.139. The van der Waals surface area contributed by atoms with Gasteiger partial charge in [0.15, 0.2) is 0 Å². The number of nitrogens with one attached hydrogen (secondary N) is 1. The minimum Gasteiger partial charge on any atom is -0.468 e. The number of unbranched alkanes of at least 4 members (excludes halogenated alkanes) is 1. The van der Waals surface area contributed by atoms with Gasteiger partial charge in [0.05, 0.1) is 25.8 Å². The summed E-state index contributed by atoms with van der Waals surface area (Å²) in [5, 5.41) is 2.98. The third-order valence-electron chi connectivity index (χ3n) is 2.98. The zero-order chi connectivity index (χ0) is 15.5. The molecule has 21 heavy (non-hydrogen) atoms. The molecule has 0 spiro atoms. The number of carbonyl (C=O) groups excluding carboxylic acids is 2. The minimum atomic E-state index is -0.289. The number of esters is 2. The minimum absolute atomic E-state index is 0.190. The Morgan fingerprint density at radius 2 is 2.10 bits per heavy atom. The van der Waals surface area contributed by atoms with Gasteiger partial charge in [-0.1, -0.05) is 25.5 Å². The van der Waals surface area contributed by atoms with Gasteiger partial charge in [0.2, 0.25) is 0 Å². The van der Waals surface area contributed by atoms with Crippen molar-refractivity contribution in [1.82, 2.24) is 5.32 Å². The van der Waals surface area contributed by atoms with Crippen LogP contribution in [0.15, 0.2) is 24.3 Å². The fraction of sp³-hybridized carbons (Fsp3) is 0.500. The molecule has 1 N–H and O–H groups in total. The zero-order valence-corrected chi connectivity index (χ0v) is 12.7. The van der Waals surface area contributed by atoms with Gasteiger partial charge < -0.3 is 14.8 Å². The Hall–Kier alpha value is -1.88. The van der Waals surface area contributed by atoms with Crippen LogP contribution in [0.25, 0.3) is 0 Å². The maximum absolute atomic E-state index is 11.8. The monoisotopic (exact) mass is 293 g/mol. The van der Waals surface area contributed by atoms with Crippen LogP contribution in [0.3, 0.4) is 0 Å². The second-order valence-electron chi connectivity index (χ2n) is 4.69. The first-order valence-corrected chi connectivity index (χ1v) is 7.21. The SMILES string of the molecule is CCCCOC(=O)c1cccc(CCNCC(=O)OC)c1. The molecule has 0 unspecified atom stereocenters. The van der Waals surface area contributed by atoms with E-state index in [2.05, 4.69) is 17.0 Å². The maximum Gasteiger partial charge on any atom is 0.338 e. The van der Waals surface area contributed by atoms with Gasteiger partial charge in [-0.05, 0) is 37.1 Å². The Labute approximate surface area is 125 Å². The first-order valence-electron chi connectivity index (χ1n) is 7.21. The van der Waals surface area contributed by atoms with E-state index in [4.69, 9.17) is 4.74 Å². The molecule has 0 fully saturated rings. The van der Waals surface area contributed by atoms with E-state index in [1.165, 1.54) is 7.11 Å². The molecular weight excluding hydrogens is 270 g/mol. The quantitative estimate of drug-likeness (QED) is 0.557. The number of methoxy groups -OCH3 is 1. The molecule has 0 heterocycles. The normalized spacial score (nSPS) is 10.2. The summed E-state index contributed by atoms with van der Waals surface area (Å²) in [6.07, 6.45) is 2.61. The van der Waals surface area contributed by atoms with Crippen molar-refractivity contribution in [3.63, 3.8) is 0 Å². The predicted molar refractivity (Wildman–Crippen MR) is 80.2 cm³/mol. The molecule has 1 aromatic rings. The van der Waals surface area contributed by atoms with E-state index in [0.29, 0.717) is 18.7 Å². The summed E-state index contributed by atoms with van der Waals surface area (Å²) < 4.78 is 9.72. The van der Waals surface area contributed by atoms with E-state index in [9.17, 15) is 9.59 Å². The third kappa shape index (κ3) is 6.90. The van der Waals surface area contributed by atoms with Crippen LogP contribution < -0.4 is 5.32 Å². The lowest BCUT2D eigenvalue weighted by Gasteiger charge is -2.07. The number of hydrogen-bond acceptors (Lipinski definition) is 5. The molecule has 1 rings (SSSR count). The lowest BCUT2D eigenvalue weighted by atomic mass is 10.1. The molecule has 0 aliphatic heterocycles. The molecule has 0 saturated carbocycles. The van der Waals surface area contributed by atoms with Gasteiger partial charge in [-0.3, -0.25) is 4.79 Å². The third-order valence-corrected chi connectivity index (χ3v) is 2.98. The lowest BCUT2D eigenvalue weighted by Crippen LogP contribution is -2.25. The fourth-order valence-corrected chi connectivity index (χ4v) is 1.74. The van der Waals surface area contributed by atoms with Crippen LogP contribution in [0.2, 0.25) is 0 Å². The summed E-state index contributed by atoms with van der Waals surface area (Å²) in [6.45, 7) is 3.34. The van der Waals surface area contributed by atoms with Crippen LogP contribution >= 0.6 is 0 Å². The van der Waals surface area contributed by atoms with Gasteiger partial charge in [-0.15, -0.1) is 0 Å². The Morgan fingerprint density at radius 3 is 2.81 bits per heavy atom. The molecule has 0 aliphatic rings. The highest BCUT2D eigenvalue weighted by Crippen LogP contribution is 2.08. The van der Waals surface area contributed by atoms with Crippen LogP contribution in [-0.4, -0.2) is 38.7 Å². The van der Waals surface area contributed by atoms with E-state index in [1.807, 2.05) is 18.2 Å². The Kier molecular flexibility index (Phi) is 8.12. The average molecular weight is 293 g/mol. The van der Waals surface area contributed by atoms with Gasteiger partial charge in [0.25, 0.3) is 0 Å². The highest BCUT2D eigenvalue weighted by molar-refractivity contribution is 5.89. The molecule has 0 atom stereocenters. The van der Waals surface area contributed by atoms with Crippen LogP contribution in [0.5, 0.6) is 0 Å². The number of benzene rings is 1. The molecule has 5 nitrogen and oxygen atoms in total. The van der Waals surface area contributed by atoms with E-state index in [0.717, 1.165) is 24.8 Å². The van der Waals surface area contributed by atoms with Crippen molar-refractivity contribution in [3.8, 4) is 0 Å². The summed E-state index contributed by atoms with van der Waals surface area (Å²) in [7, 11) is 1.36. The highest BCUT2D eigenvalue weighted by atomic mass is 16.5. The Morgan fingerprint density at radius 1 is 1.29 bits per heavy atom. The molecular formula is C16H23NO4. The van der Waals surface area contributed by atoms with Crippen LogP contribution in [0, 0.1) is 0 Å². The molecule has 0 aromatic heterocycles. The zero-order valence-electron chi connectivity index (χ0n) is 12.7. The van der Waals surface area contributed by atoms with Gasteiger partial charge >= 0.3 is 11.9 Å². The second-order valence-corrected chi connectivity index (χ2v) is 4.69. The standard InChI is InChI=1S/C16H23NO4/c1-3-4-10-21-16(19)14-7-5-6-13(11-14)8-9-17-12-15(18)20-2/h5-7,11,17H,3-4,8-10,12H2,1-2H3. The molecule has 0 saturated heterocycles. The second kappa shape index (κ2) is 9.94. The summed E-state index contributed by atoms with van der Waals surface area (Å²) in [4.78, 5) is 22.8. The van der Waals surface area contributed by atoms with Crippen molar-refractivity contribution in [2.45, 2.75) is 26.2 Å². The Balaban J connectivity index is 2.41. The number of carbonyl (C=O) groups is 2. The maximum atomic E-state index is 11.8. The fourth-order valence-electron chi connectivity index (χ4n) is 1.74. The molecule has 0 bridgehead atoms. The number of ether oxygens (including phenoxy) is 2. The van der Waals surface area contributed by atoms with Gasteiger partial charge in [0, 0.05) is 0 Å². The molecule has 0 amide bonds. The molecule has 0 radical (unpaired) electrons.